The Labute approximate surface area is 158 Å². The van der Waals surface area contributed by atoms with Crippen LogP contribution in [0.15, 0.2) is 36.4 Å². The van der Waals surface area contributed by atoms with Crippen molar-refractivity contribution in [3.8, 4) is 0 Å². The van der Waals surface area contributed by atoms with E-state index in [1.165, 1.54) is 38.3 Å². The van der Waals surface area contributed by atoms with Gasteiger partial charge in [0.2, 0.25) is 0 Å². The molecule has 0 fully saturated rings. The molecule has 0 aliphatic carbocycles. The third-order valence-electron chi connectivity index (χ3n) is 4.12. The Morgan fingerprint density at radius 3 is 1.85 bits per heavy atom. The average Bonchev–Trinajstić information content (AvgIpc) is 2.63. The van der Waals surface area contributed by atoms with E-state index < -0.39 is 23.9 Å². The van der Waals surface area contributed by atoms with E-state index in [4.69, 9.17) is 4.74 Å². The van der Waals surface area contributed by atoms with Gasteiger partial charge in [0.25, 0.3) is 5.91 Å². The topological polar surface area (TPSA) is 81.7 Å². The predicted octanol–water partition coefficient (Wildman–Crippen LogP) is 3.58. The van der Waals surface area contributed by atoms with Crippen LogP contribution in [-0.2, 0) is 14.3 Å². The predicted molar refractivity (Wildman–Crippen MR) is 102 cm³/mol. The molecule has 0 heterocycles. The summed E-state index contributed by atoms with van der Waals surface area (Å²) in [5.74, 6) is -1.55. The lowest BCUT2D eigenvalue weighted by molar-refractivity contribution is -0.123. The number of methoxy groups -OCH3 is 1. The molecule has 0 saturated heterocycles. The molecule has 142 valence electrons. The first-order chi connectivity index (χ1) is 12.7. The van der Waals surface area contributed by atoms with E-state index in [1.54, 1.807) is 0 Å². The second-order valence-corrected chi connectivity index (χ2v) is 6.38. The van der Waals surface area contributed by atoms with Gasteiger partial charge >= 0.3 is 11.9 Å². The minimum Gasteiger partial charge on any atom is -0.465 e. The van der Waals surface area contributed by atoms with Crippen LogP contribution < -0.4 is 5.32 Å². The van der Waals surface area contributed by atoms with Gasteiger partial charge < -0.3 is 14.8 Å². The van der Waals surface area contributed by atoms with Crippen LogP contribution in [0.25, 0.3) is 0 Å². The van der Waals surface area contributed by atoms with E-state index in [-0.39, 0.29) is 5.56 Å². The lowest BCUT2D eigenvalue weighted by Crippen LogP contribution is -2.30. The van der Waals surface area contributed by atoms with E-state index in [2.05, 4.69) is 10.1 Å². The van der Waals surface area contributed by atoms with Crippen LogP contribution in [0, 0.1) is 20.8 Å². The maximum atomic E-state index is 12.4. The molecule has 0 bridgehead atoms. The zero-order chi connectivity index (χ0) is 20.1. The van der Waals surface area contributed by atoms with Crippen LogP contribution in [0.4, 0.5) is 5.69 Å². The Kier molecular flexibility index (Phi) is 6.34. The van der Waals surface area contributed by atoms with E-state index >= 15 is 0 Å². The molecule has 2 aromatic carbocycles. The van der Waals surface area contributed by atoms with Gasteiger partial charge in [-0.1, -0.05) is 17.7 Å². The first-order valence-electron chi connectivity index (χ1n) is 8.51. The van der Waals surface area contributed by atoms with Gasteiger partial charge in [-0.15, -0.1) is 0 Å². The number of ether oxygens (including phenoxy) is 2. The van der Waals surface area contributed by atoms with Crippen molar-refractivity contribution in [1.82, 2.24) is 0 Å². The summed E-state index contributed by atoms with van der Waals surface area (Å²) in [4.78, 5) is 36.0. The zero-order valence-corrected chi connectivity index (χ0v) is 16.1. The van der Waals surface area contributed by atoms with Gasteiger partial charge in [-0.05, 0) is 63.1 Å². The van der Waals surface area contributed by atoms with Gasteiger partial charge in [0.05, 0.1) is 18.2 Å². The summed E-state index contributed by atoms with van der Waals surface area (Å²) in [6.45, 7) is 7.32. The molecular weight excluding hydrogens is 346 g/mol. The fourth-order valence-corrected chi connectivity index (χ4v) is 2.74. The summed E-state index contributed by atoms with van der Waals surface area (Å²) in [7, 11) is 1.28. The first-order valence-corrected chi connectivity index (χ1v) is 8.51. The highest BCUT2D eigenvalue weighted by Crippen LogP contribution is 2.22. The van der Waals surface area contributed by atoms with E-state index in [0.29, 0.717) is 5.56 Å². The number of nitrogens with one attached hydrogen (secondary N) is 1. The number of hydrogen-bond donors (Lipinski definition) is 1. The van der Waals surface area contributed by atoms with Crippen molar-refractivity contribution in [2.45, 2.75) is 33.8 Å². The van der Waals surface area contributed by atoms with E-state index in [0.717, 1.165) is 22.4 Å². The largest absolute Gasteiger partial charge is 0.465 e. The van der Waals surface area contributed by atoms with Crippen LogP contribution in [0.5, 0.6) is 0 Å². The number of esters is 2. The van der Waals surface area contributed by atoms with Gasteiger partial charge in [0, 0.05) is 5.69 Å². The molecule has 1 atom stereocenters. The highest BCUT2D eigenvalue weighted by Gasteiger charge is 2.20. The van der Waals surface area contributed by atoms with E-state index in [1.807, 2.05) is 32.9 Å². The summed E-state index contributed by atoms with van der Waals surface area (Å²) < 4.78 is 9.84. The standard InChI is InChI=1S/C21H23NO5/c1-12-10-13(2)18(14(3)11-12)22-19(23)15(4)27-21(25)17-8-6-16(7-9-17)20(24)26-5/h6-11,15H,1-5H3,(H,22,23)/t15-/m0/s1. The van der Waals surface area contributed by atoms with Gasteiger partial charge in [-0.3, -0.25) is 4.79 Å². The molecule has 2 aromatic rings. The minimum absolute atomic E-state index is 0.241. The average molecular weight is 369 g/mol. The number of carbonyl (C=O) groups is 3. The van der Waals surface area contributed by atoms with Crippen molar-refractivity contribution >= 4 is 23.5 Å². The van der Waals surface area contributed by atoms with Crippen molar-refractivity contribution < 1.29 is 23.9 Å². The fraction of sp³-hybridized carbons (Fsp3) is 0.286. The monoisotopic (exact) mass is 369 g/mol. The van der Waals surface area contributed by atoms with Crippen molar-refractivity contribution in [3.63, 3.8) is 0 Å². The number of amides is 1. The second-order valence-electron chi connectivity index (χ2n) is 6.38. The summed E-state index contributed by atoms with van der Waals surface area (Å²) in [6, 6.07) is 9.78. The number of aryl methyl sites for hydroxylation is 3. The molecule has 0 spiro atoms. The van der Waals surface area contributed by atoms with Crippen LogP contribution >= 0.6 is 0 Å². The molecule has 1 amide bonds. The third kappa shape index (κ3) is 4.94. The molecule has 0 radical (unpaired) electrons. The first kappa shape index (κ1) is 20.2. The molecule has 0 saturated carbocycles. The molecule has 0 unspecified atom stereocenters. The van der Waals surface area contributed by atoms with Gasteiger partial charge in [-0.2, -0.15) is 0 Å². The van der Waals surface area contributed by atoms with Crippen LogP contribution in [0.3, 0.4) is 0 Å². The van der Waals surface area contributed by atoms with Crippen LogP contribution in [-0.4, -0.2) is 31.1 Å². The minimum atomic E-state index is -0.974. The normalized spacial score (nSPS) is 11.4. The van der Waals surface area contributed by atoms with E-state index in [9.17, 15) is 14.4 Å². The molecule has 6 nitrogen and oxygen atoms in total. The van der Waals surface area contributed by atoms with Gasteiger partial charge in [-0.25, -0.2) is 9.59 Å². The fourth-order valence-electron chi connectivity index (χ4n) is 2.74. The SMILES string of the molecule is COC(=O)c1ccc(C(=O)O[C@@H](C)C(=O)Nc2c(C)cc(C)cc2C)cc1. The van der Waals surface area contributed by atoms with Crippen LogP contribution in [0.2, 0.25) is 0 Å². The second kappa shape index (κ2) is 8.49. The molecule has 27 heavy (non-hydrogen) atoms. The van der Waals surface area contributed by atoms with Gasteiger partial charge in [0.15, 0.2) is 6.10 Å². The lowest BCUT2D eigenvalue weighted by atomic mass is 10.0. The highest BCUT2D eigenvalue weighted by molar-refractivity contribution is 5.98. The summed E-state index contributed by atoms with van der Waals surface area (Å²) in [6.07, 6.45) is -0.974. The summed E-state index contributed by atoms with van der Waals surface area (Å²) in [5, 5.41) is 2.82. The Morgan fingerprint density at radius 2 is 1.37 bits per heavy atom. The molecule has 0 aliphatic heterocycles. The Hall–Kier alpha value is -3.15. The number of benzene rings is 2. The smallest absolute Gasteiger partial charge is 0.338 e. The molecule has 6 heteroatoms. The van der Waals surface area contributed by atoms with Crippen molar-refractivity contribution in [1.29, 1.82) is 0 Å². The molecule has 0 aromatic heterocycles. The zero-order valence-electron chi connectivity index (χ0n) is 16.1. The molecular formula is C21H23NO5. The third-order valence-corrected chi connectivity index (χ3v) is 4.12. The number of anilines is 1. The van der Waals surface area contributed by atoms with Crippen LogP contribution in [0.1, 0.15) is 44.3 Å². The lowest BCUT2D eigenvalue weighted by Gasteiger charge is -2.17. The number of hydrogen-bond acceptors (Lipinski definition) is 5. The quantitative estimate of drug-likeness (QED) is 0.815. The molecule has 2 rings (SSSR count). The molecule has 1 N–H and O–H groups in total. The maximum Gasteiger partial charge on any atom is 0.338 e. The van der Waals surface area contributed by atoms with Crippen molar-refractivity contribution in [2.24, 2.45) is 0 Å². The highest BCUT2D eigenvalue weighted by atomic mass is 16.5. The Bertz CT molecular complexity index is 848. The van der Waals surface area contributed by atoms with Gasteiger partial charge in [0.1, 0.15) is 0 Å². The maximum absolute atomic E-state index is 12.4. The van der Waals surface area contributed by atoms with Crippen molar-refractivity contribution in [3.05, 3.63) is 64.2 Å². The summed E-state index contributed by atoms with van der Waals surface area (Å²) in [5.41, 5.74) is 4.28. The Balaban J connectivity index is 2.03. The molecule has 0 aliphatic rings. The summed E-state index contributed by atoms with van der Waals surface area (Å²) >= 11 is 0. The number of rotatable bonds is 5. The Morgan fingerprint density at radius 1 is 0.889 bits per heavy atom. The number of carbonyl (C=O) groups excluding carboxylic acids is 3. The van der Waals surface area contributed by atoms with Crippen molar-refractivity contribution in [2.75, 3.05) is 12.4 Å².